The van der Waals surface area contributed by atoms with Crippen LogP contribution in [-0.4, -0.2) is 42.6 Å². The van der Waals surface area contributed by atoms with Crippen molar-refractivity contribution in [2.75, 3.05) is 25.5 Å². The number of ether oxygens (including phenoxy) is 1. The minimum Gasteiger partial charge on any atom is -0.465 e. The van der Waals surface area contributed by atoms with Crippen LogP contribution in [0.1, 0.15) is 66.6 Å². The first kappa shape index (κ1) is 24.0. The van der Waals surface area contributed by atoms with Crippen molar-refractivity contribution >= 4 is 17.6 Å². The number of piperidine rings is 1. The second-order valence-electron chi connectivity index (χ2n) is 8.96. The van der Waals surface area contributed by atoms with E-state index in [9.17, 15) is 9.59 Å². The molecule has 5 nitrogen and oxygen atoms in total. The lowest BCUT2D eigenvalue weighted by Gasteiger charge is -2.46. The van der Waals surface area contributed by atoms with Gasteiger partial charge in [-0.05, 0) is 49.8 Å². The molecular formula is C27H37N2O3+. The Morgan fingerprint density at radius 3 is 2.38 bits per heavy atom. The highest BCUT2D eigenvalue weighted by Gasteiger charge is 2.42. The molecule has 0 aliphatic carbocycles. The largest absolute Gasteiger partial charge is 0.465 e. The zero-order chi connectivity index (χ0) is 23.1. The number of methoxy groups -OCH3 is 1. The van der Waals surface area contributed by atoms with Crippen LogP contribution in [0.25, 0.3) is 0 Å². The van der Waals surface area contributed by atoms with Gasteiger partial charge in [-0.3, -0.25) is 4.79 Å². The average Bonchev–Trinajstić information content (AvgIpc) is 2.81. The van der Waals surface area contributed by atoms with E-state index in [2.05, 4.69) is 43.4 Å². The molecule has 1 N–H and O–H groups in total. The molecule has 1 aliphatic rings. The third kappa shape index (κ3) is 5.21. The Balaban J connectivity index is 1.93. The van der Waals surface area contributed by atoms with Gasteiger partial charge >= 0.3 is 5.97 Å². The van der Waals surface area contributed by atoms with Gasteiger partial charge in [0.05, 0.1) is 31.5 Å². The van der Waals surface area contributed by atoms with Gasteiger partial charge in [-0.25, -0.2) is 4.79 Å². The number of hydrogen-bond acceptors (Lipinski definition) is 3. The van der Waals surface area contributed by atoms with Crippen LogP contribution >= 0.6 is 0 Å². The number of likely N-dealkylation sites (tertiary alicyclic amines) is 1. The van der Waals surface area contributed by atoms with Crippen LogP contribution in [0.15, 0.2) is 42.5 Å². The lowest BCUT2D eigenvalue weighted by Crippen LogP contribution is -2.61. The molecule has 1 heterocycles. The fraction of sp³-hybridized carbons (Fsp3) is 0.481. The number of rotatable bonds is 8. The van der Waals surface area contributed by atoms with Crippen molar-refractivity contribution in [1.82, 2.24) is 0 Å². The summed E-state index contributed by atoms with van der Waals surface area (Å²) < 4.78 is 5.72. The normalized spacial score (nSPS) is 16.2. The van der Waals surface area contributed by atoms with Gasteiger partial charge in [-0.1, -0.05) is 50.2 Å². The SMILES string of the molecule is CCc1cccc(C[N+]2(C(CC)C(=O)Nc3c(C)cccc3C(=O)OC)CCCCC2)c1. The molecule has 0 bridgehead atoms. The zero-order valence-corrected chi connectivity index (χ0v) is 19.9. The predicted molar refractivity (Wildman–Crippen MR) is 129 cm³/mol. The number of benzene rings is 2. The number of carbonyl (C=O) groups is 2. The van der Waals surface area contributed by atoms with E-state index in [1.165, 1.54) is 24.7 Å². The lowest BCUT2D eigenvalue weighted by atomic mass is 9.97. The summed E-state index contributed by atoms with van der Waals surface area (Å²) in [5.74, 6) is -0.448. The summed E-state index contributed by atoms with van der Waals surface area (Å²) in [5.41, 5.74) is 4.45. The third-order valence-electron chi connectivity index (χ3n) is 6.88. The molecule has 0 spiro atoms. The number of aryl methyl sites for hydroxylation is 2. The van der Waals surface area contributed by atoms with Gasteiger partial charge in [0.25, 0.3) is 5.91 Å². The van der Waals surface area contributed by atoms with Crippen LogP contribution in [0, 0.1) is 6.92 Å². The first-order chi connectivity index (χ1) is 15.4. The van der Waals surface area contributed by atoms with Gasteiger partial charge in [-0.15, -0.1) is 0 Å². The van der Waals surface area contributed by atoms with E-state index in [1.54, 1.807) is 6.07 Å². The first-order valence-electron chi connectivity index (χ1n) is 11.9. The van der Waals surface area contributed by atoms with Gasteiger partial charge in [0, 0.05) is 12.0 Å². The van der Waals surface area contributed by atoms with Crippen LogP contribution < -0.4 is 5.32 Å². The smallest absolute Gasteiger partial charge is 0.339 e. The molecule has 2 aromatic rings. The highest BCUT2D eigenvalue weighted by atomic mass is 16.5. The molecule has 1 fully saturated rings. The standard InChI is InChI=1S/C27H36N2O3/c1-5-21-13-11-14-22(18-21)19-29(16-8-7-9-17-29)24(6-2)26(30)28-25-20(3)12-10-15-23(25)27(31)32-4/h10-15,18,24H,5-9,16-17,19H2,1-4H3/p+1. The topological polar surface area (TPSA) is 55.4 Å². The van der Waals surface area contributed by atoms with Gasteiger partial charge in [0.15, 0.2) is 6.04 Å². The molecule has 0 aromatic heterocycles. The van der Waals surface area contributed by atoms with E-state index >= 15 is 0 Å². The monoisotopic (exact) mass is 437 g/mol. The average molecular weight is 438 g/mol. The molecule has 2 aromatic carbocycles. The molecule has 32 heavy (non-hydrogen) atoms. The van der Waals surface area contributed by atoms with Crippen molar-refractivity contribution in [2.24, 2.45) is 0 Å². The highest BCUT2D eigenvalue weighted by molar-refractivity contribution is 6.03. The van der Waals surface area contributed by atoms with Crippen molar-refractivity contribution in [3.63, 3.8) is 0 Å². The molecule has 5 heteroatoms. The summed E-state index contributed by atoms with van der Waals surface area (Å²) in [6.45, 7) is 9.04. The second kappa shape index (κ2) is 10.8. The van der Waals surface area contributed by atoms with Gasteiger partial charge in [0.1, 0.15) is 6.54 Å². The number of anilines is 1. The molecule has 1 aliphatic heterocycles. The predicted octanol–water partition coefficient (Wildman–Crippen LogP) is 5.26. The number of amides is 1. The molecule has 1 unspecified atom stereocenters. The van der Waals surface area contributed by atoms with Crippen LogP contribution in [0.4, 0.5) is 5.69 Å². The number of hydrogen-bond donors (Lipinski definition) is 1. The van der Waals surface area contributed by atoms with E-state index in [-0.39, 0.29) is 11.9 Å². The maximum Gasteiger partial charge on any atom is 0.339 e. The number of nitrogens with one attached hydrogen (secondary N) is 1. The van der Waals surface area contributed by atoms with Crippen molar-refractivity contribution in [3.05, 3.63) is 64.7 Å². The van der Waals surface area contributed by atoms with Crippen LogP contribution in [-0.2, 0) is 22.5 Å². The maximum atomic E-state index is 13.7. The minimum absolute atomic E-state index is 0.0134. The zero-order valence-electron chi connectivity index (χ0n) is 19.9. The Morgan fingerprint density at radius 2 is 1.72 bits per heavy atom. The highest BCUT2D eigenvalue weighted by Crippen LogP contribution is 2.30. The molecular weight excluding hydrogens is 400 g/mol. The minimum atomic E-state index is -0.435. The van der Waals surface area contributed by atoms with E-state index in [0.29, 0.717) is 11.3 Å². The van der Waals surface area contributed by atoms with Crippen LogP contribution in [0.2, 0.25) is 0 Å². The fourth-order valence-electron chi connectivity index (χ4n) is 5.18. The number of esters is 1. The van der Waals surface area contributed by atoms with Crippen molar-refractivity contribution in [1.29, 1.82) is 0 Å². The molecule has 3 rings (SSSR count). The number of quaternary nitrogens is 1. The number of para-hydroxylation sites is 1. The van der Waals surface area contributed by atoms with E-state index in [4.69, 9.17) is 4.74 Å². The summed E-state index contributed by atoms with van der Waals surface area (Å²) in [6, 6.07) is 14.0. The summed E-state index contributed by atoms with van der Waals surface area (Å²) in [5, 5.41) is 3.12. The molecule has 0 radical (unpaired) electrons. The Labute approximate surface area is 192 Å². The third-order valence-corrected chi connectivity index (χ3v) is 6.88. The Hall–Kier alpha value is -2.66. The van der Waals surface area contributed by atoms with E-state index in [0.717, 1.165) is 55.4 Å². The van der Waals surface area contributed by atoms with Crippen LogP contribution in [0.3, 0.4) is 0 Å². The number of carbonyl (C=O) groups excluding carboxylic acids is 2. The fourth-order valence-corrected chi connectivity index (χ4v) is 5.18. The second-order valence-corrected chi connectivity index (χ2v) is 8.96. The number of nitrogens with zero attached hydrogens (tertiary/aromatic N) is 1. The van der Waals surface area contributed by atoms with E-state index < -0.39 is 5.97 Å². The first-order valence-corrected chi connectivity index (χ1v) is 11.9. The van der Waals surface area contributed by atoms with E-state index in [1.807, 2.05) is 19.1 Å². The van der Waals surface area contributed by atoms with Gasteiger partial charge in [0.2, 0.25) is 0 Å². The molecule has 172 valence electrons. The molecule has 1 saturated heterocycles. The molecule has 1 amide bonds. The molecule has 0 saturated carbocycles. The van der Waals surface area contributed by atoms with Crippen LogP contribution in [0.5, 0.6) is 0 Å². The summed E-state index contributed by atoms with van der Waals surface area (Å²) >= 11 is 0. The Bertz CT molecular complexity index is 948. The Morgan fingerprint density at radius 1 is 1.03 bits per heavy atom. The van der Waals surface area contributed by atoms with Crippen molar-refractivity contribution in [3.8, 4) is 0 Å². The van der Waals surface area contributed by atoms with Crippen molar-refractivity contribution < 1.29 is 18.8 Å². The quantitative estimate of drug-likeness (QED) is 0.453. The maximum absolute atomic E-state index is 13.7. The summed E-state index contributed by atoms with van der Waals surface area (Å²) in [6.07, 6.45) is 5.25. The summed E-state index contributed by atoms with van der Waals surface area (Å²) in [4.78, 5) is 26.0. The summed E-state index contributed by atoms with van der Waals surface area (Å²) in [7, 11) is 1.36. The Kier molecular flexibility index (Phi) is 8.08. The molecule has 1 atom stereocenters. The van der Waals surface area contributed by atoms with Gasteiger partial charge < -0.3 is 14.5 Å². The van der Waals surface area contributed by atoms with Gasteiger partial charge in [-0.2, -0.15) is 0 Å². The lowest BCUT2D eigenvalue weighted by molar-refractivity contribution is -0.959. The van der Waals surface area contributed by atoms with Crippen molar-refractivity contribution in [2.45, 2.75) is 65.5 Å².